The molecular formula is C12H24N2O2. The van der Waals surface area contributed by atoms with Gasteiger partial charge in [0.15, 0.2) is 0 Å². The van der Waals surface area contributed by atoms with Crippen LogP contribution in [-0.4, -0.2) is 48.7 Å². The number of likely N-dealkylation sites (N-methyl/N-ethyl adjacent to an activating group) is 1. The number of carbonyl (C=O) groups is 1. The number of rotatable bonds is 4. The summed E-state index contributed by atoms with van der Waals surface area (Å²) in [7, 11) is 2.07. The predicted molar refractivity (Wildman–Crippen MR) is 64.1 cm³/mol. The highest BCUT2D eigenvalue weighted by Crippen LogP contribution is 2.13. The van der Waals surface area contributed by atoms with Crippen LogP contribution in [0.5, 0.6) is 0 Å². The smallest absolute Gasteiger partial charge is 0.225 e. The maximum atomic E-state index is 11.9. The van der Waals surface area contributed by atoms with Crippen molar-refractivity contribution in [3.63, 3.8) is 0 Å². The van der Waals surface area contributed by atoms with Gasteiger partial charge in [-0.2, -0.15) is 0 Å². The van der Waals surface area contributed by atoms with Crippen LogP contribution in [0.4, 0.5) is 0 Å². The minimum absolute atomic E-state index is 0.00204. The molecule has 0 aromatic heterocycles. The van der Waals surface area contributed by atoms with Crippen molar-refractivity contribution in [2.24, 2.45) is 11.8 Å². The van der Waals surface area contributed by atoms with Gasteiger partial charge in [0.1, 0.15) is 0 Å². The van der Waals surface area contributed by atoms with Gasteiger partial charge in [0.05, 0.1) is 12.5 Å². The molecular weight excluding hydrogens is 204 g/mol. The Bertz CT molecular complexity index is 231. The van der Waals surface area contributed by atoms with E-state index in [4.69, 9.17) is 0 Å². The highest BCUT2D eigenvalue weighted by molar-refractivity contribution is 5.79. The van der Waals surface area contributed by atoms with Crippen molar-refractivity contribution in [3.8, 4) is 0 Å². The molecule has 0 aliphatic carbocycles. The fourth-order valence-electron chi connectivity index (χ4n) is 2.19. The summed E-state index contributed by atoms with van der Waals surface area (Å²) in [6, 6.07) is 0.249. The summed E-state index contributed by atoms with van der Waals surface area (Å²) >= 11 is 0. The van der Waals surface area contributed by atoms with Crippen LogP contribution < -0.4 is 5.32 Å². The Kier molecular flexibility index (Phi) is 5.22. The Morgan fingerprint density at radius 2 is 2.25 bits per heavy atom. The molecule has 2 atom stereocenters. The van der Waals surface area contributed by atoms with E-state index in [9.17, 15) is 9.90 Å². The highest BCUT2D eigenvalue weighted by Gasteiger charge is 2.25. The number of amides is 1. The first kappa shape index (κ1) is 13.5. The van der Waals surface area contributed by atoms with Gasteiger partial charge in [-0.05, 0) is 32.4 Å². The van der Waals surface area contributed by atoms with Crippen LogP contribution in [0.3, 0.4) is 0 Å². The van der Waals surface area contributed by atoms with Crippen molar-refractivity contribution in [2.75, 3.05) is 26.7 Å². The average molecular weight is 228 g/mol. The molecule has 2 N–H and O–H groups in total. The van der Waals surface area contributed by atoms with Gasteiger partial charge in [0.2, 0.25) is 5.91 Å². The molecule has 1 rings (SSSR count). The Labute approximate surface area is 98.0 Å². The van der Waals surface area contributed by atoms with E-state index in [1.165, 1.54) is 0 Å². The topological polar surface area (TPSA) is 52.6 Å². The maximum Gasteiger partial charge on any atom is 0.225 e. The number of nitrogens with zero attached hydrogens (tertiary/aromatic N) is 1. The number of aliphatic hydroxyl groups excluding tert-OH is 1. The molecule has 1 aliphatic heterocycles. The van der Waals surface area contributed by atoms with E-state index in [0.717, 1.165) is 25.9 Å². The summed E-state index contributed by atoms with van der Waals surface area (Å²) < 4.78 is 0. The third-order valence-corrected chi connectivity index (χ3v) is 3.31. The van der Waals surface area contributed by atoms with Crippen LogP contribution in [0, 0.1) is 11.8 Å². The van der Waals surface area contributed by atoms with Crippen LogP contribution >= 0.6 is 0 Å². The Balaban J connectivity index is 2.43. The van der Waals surface area contributed by atoms with Crippen LogP contribution in [0.1, 0.15) is 26.7 Å². The Morgan fingerprint density at radius 3 is 2.75 bits per heavy atom. The van der Waals surface area contributed by atoms with Crippen molar-refractivity contribution >= 4 is 5.91 Å². The normalized spacial score (nSPS) is 24.4. The van der Waals surface area contributed by atoms with Gasteiger partial charge in [-0.3, -0.25) is 4.79 Å². The third-order valence-electron chi connectivity index (χ3n) is 3.31. The average Bonchev–Trinajstić information content (AvgIpc) is 2.17. The van der Waals surface area contributed by atoms with Gasteiger partial charge in [0.25, 0.3) is 0 Å². The summed E-state index contributed by atoms with van der Waals surface area (Å²) in [6.07, 6.45) is 2.18. The van der Waals surface area contributed by atoms with E-state index in [1.807, 2.05) is 13.8 Å². The molecule has 0 bridgehead atoms. The summed E-state index contributed by atoms with van der Waals surface area (Å²) in [4.78, 5) is 14.1. The molecule has 0 aromatic carbocycles. The molecule has 4 nitrogen and oxygen atoms in total. The molecule has 1 aliphatic rings. The van der Waals surface area contributed by atoms with Crippen LogP contribution in [0.2, 0.25) is 0 Å². The second-order valence-corrected chi connectivity index (χ2v) is 5.14. The second kappa shape index (κ2) is 6.21. The monoisotopic (exact) mass is 228 g/mol. The van der Waals surface area contributed by atoms with Crippen molar-refractivity contribution < 1.29 is 9.90 Å². The van der Waals surface area contributed by atoms with Gasteiger partial charge < -0.3 is 15.3 Å². The standard InChI is InChI=1S/C12H24N2O2/c1-9(2)11(8-15)12(16)13-10-5-4-6-14(3)7-10/h9-11,15H,4-8H2,1-3H3,(H,13,16). The predicted octanol–water partition coefficient (Wildman–Crippen LogP) is 0.461. The van der Waals surface area contributed by atoms with Gasteiger partial charge >= 0.3 is 0 Å². The number of nitrogens with one attached hydrogen (secondary N) is 1. The lowest BCUT2D eigenvalue weighted by Gasteiger charge is -2.31. The minimum Gasteiger partial charge on any atom is -0.396 e. The molecule has 94 valence electrons. The van der Waals surface area contributed by atoms with Crippen molar-refractivity contribution in [1.29, 1.82) is 0 Å². The van der Waals surface area contributed by atoms with E-state index in [1.54, 1.807) is 0 Å². The van der Waals surface area contributed by atoms with Gasteiger partial charge in [0, 0.05) is 12.6 Å². The Morgan fingerprint density at radius 1 is 1.56 bits per heavy atom. The maximum absolute atomic E-state index is 11.9. The summed E-state index contributed by atoms with van der Waals surface area (Å²) in [5.74, 6) is -0.0867. The highest BCUT2D eigenvalue weighted by atomic mass is 16.3. The first-order valence-corrected chi connectivity index (χ1v) is 6.14. The molecule has 0 aromatic rings. The van der Waals surface area contributed by atoms with Crippen LogP contribution in [0.15, 0.2) is 0 Å². The fraction of sp³-hybridized carbons (Fsp3) is 0.917. The quantitative estimate of drug-likeness (QED) is 0.735. The number of likely N-dealkylation sites (tertiary alicyclic amines) is 1. The molecule has 1 amide bonds. The van der Waals surface area contributed by atoms with Crippen LogP contribution in [-0.2, 0) is 4.79 Å². The van der Waals surface area contributed by atoms with Crippen molar-refractivity contribution in [3.05, 3.63) is 0 Å². The SMILES string of the molecule is CC(C)C(CO)C(=O)NC1CCCN(C)C1. The van der Waals surface area contributed by atoms with Crippen molar-refractivity contribution in [2.45, 2.75) is 32.7 Å². The fourth-order valence-corrected chi connectivity index (χ4v) is 2.19. The van der Waals surface area contributed by atoms with Crippen molar-refractivity contribution in [1.82, 2.24) is 10.2 Å². The summed E-state index contributed by atoms with van der Waals surface area (Å²) in [5, 5.41) is 12.2. The molecule has 1 heterocycles. The number of carbonyl (C=O) groups excluding carboxylic acids is 1. The molecule has 4 heteroatoms. The molecule has 2 unspecified atom stereocenters. The van der Waals surface area contributed by atoms with Gasteiger partial charge in [-0.25, -0.2) is 0 Å². The summed E-state index contributed by atoms with van der Waals surface area (Å²) in [5.41, 5.74) is 0. The molecule has 1 fully saturated rings. The zero-order chi connectivity index (χ0) is 12.1. The minimum atomic E-state index is -0.271. The third kappa shape index (κ3) is 3.76. The largest absolute Gasteiger partial charge is 0.396 e. The first-order chi connectivity index (χ1) is 7.54. The van der Waals surface area contributed by atoms with Gasteiger partial charge in [-0.15, -0.1) is 0 Å². The lowest BCUT2D eigenvalue weighted by molar-refractivity contribution is -0.128. The number of hydrogen-bond acceptors (Lipinski definition) is 3. The zero-order valence-corrected chi connectivity index (χ0v) is 10.6. The lowest BCUT2D eigenvalue weighted by Crippen LogP contribution is -2.49. The zero-order valence-electron chi connectivity index (χ0n) is 10.6. The van der Waals surface area contributed by atoms with Crippen LogP contribution in [0.25, 0.3) is 0 Å². The molecule has 0 spiro atoms. The van der Waals surface area contributed by atoms with E-state index >= 15 is 0 Å². The molecule has 16 heavy (non-hydrogen) atoms. The lowest BCUT2D eigenvalue weighted by atomic mass is 9.95. The summed E-state index contributed by atoms with van der Waals surface area (Å²) in [6.45, 7) is 5.90. The van der Waals surface area contributed by atoms with E-state index in [2.05, 4.69) is 17.3 Å². The number of piperidine rings is 1. The molecule has 1 saturated heterocycles. The second-order valence-electron chi connectivity index (χ2n) is 5.14. The Hall–Kier alpha value is -0.610. The van der Waals surface area contributed by atoms with E-state index < -0.39 is 0 Å². The molecule has 0 saturated carbocycles. The van der Waals surface area contributed by atoms with E-state index in [0.29, 0.717) is 0 Å². The van der Waals surface area contributed by atoms with Gasteiger partial charge in [-0.1, -0.05) is 13.8 Å². The molecule has 0 radical (unpaired) electrons. The van der Waals surface area contributed by atoms with E-state index in [-0.39, 0.29) is 30.4 Å². The number of hydrogen-bond donors (Lipinski definition) is 2. The number of aliphatic hydroxyl groups is 1. The first-order valence-electron chi connectivity index (χ1n) is 6.14.